The van der Waals surface area contributed by atoms with Gasteiger partial charge in [0, 0.05) is 0 Å². The molecule has 0 amide bonds. The van der Waals surface area contributed by atoms with Crippen LogP contribution in [0.1, 0.15) is 29.5 Å². The molecular formula is C17H11F7N4. The van der Waals surface area contributed by atoms with Gasteiger partial charge in [0.05, 0.1) is 16.7 Å². The summed E-state index contributed by atoms with van der Waals surface area (Å²) in [5, 5.41) is 6.75. The SMILES string of the molecule is Fc1cc(C2(Nc3cc(C(F)(F)F)cc4ncnn34)CC2)ccc1C(F)(F)F. The minimum Gasteiger partial charge on any atom is -0.360 e. The van der Waals surface area contributed by atoms with Gasteiger partial charge in [0.25, 0.3) is 0 Å². The van der Waals surface area contributed by atoms with Gasteiger partial charge in [0.15, 0.2) is 5.65 Å². The molecule has 1 saturated carbocycles. The third-order valence-electron chi connectivity index (χ3n) is 4.65. The zero-order valence-electron chi connectivity index (χ0n) is 13.9. The first-order valence-corrected chi connectivity index (χ1v) is 8.06. The van der Waals surface area contributed by atoms with Gasteiger partial charge in [0.1, 0.15) is 18.0 Å². The zero-order chi connectivity index (χ0) is 20.3. The van der Waals surface area contributed by atoms with E-state index in [0.717, 1.165) is 35.1 Å². The summed E-state index contributed by atoms with van der Waals surface area (Å²) in [5.41, 5.74) is -3.17. The first-order chi connectivity index (χ1) is 13.0. The van der Waals surface area contributed by atoms with Gasteiger partial charge in [-0.15, -0.1) is 0 Å². The molecule has 0 unspecified atom stereocenters. The van der Waals surface area contributed by atoms with E-state index in [4.69, 9.17) is 0 Å². The summed E-state index contributed by atoms with van der Waals surface area (Å²) >= 11 is 0. The maximum atomic E-state index is 13.9. The molecule has 1 aliphatic carbocycles. The Labute approximate surface area is 153 Å². The van der Waals surface area contributed by atoms with E-state index in [2.05, 4.69) is 15.4 Å². The van der Waals surface area contributed by atoms with Crippen LogP contribution in [0, 0.1) is 5.82 Å². The van der Waals surface area contributed by atoms with Crippen molar-refractivity contribution in [1.29, 1.82) is 0 Å². The van der Waals surface area contributed by atoms with Crippen LogP contribution >= 0.6 is 0 Å². The van der Waals surface area contributed by atoms with Crippen LogP contribution in [0.2, 0.25) is 0 Å². The molecule has 1 N–H and O–H groups in total. The van der Waals surface area contributed by atoms with Crippen molar-refractivity contribution in [3.63, 3.8) is 0 Å². The Kier molecular flexibility index (Phi) is 3.85. The largest absolute Gasteiger partial charge is 0.419 e. The molecule has 2 heterocycles. The van der Waals surface area contributed by atoms with Gasteiger partial charge in [-0.25, -0.2) is 9.37 Å². The van der Waals surface area contributed by atoms with Crippen molar-refractivity contribution in [2.75, 3.05) is 5.32 Å². The lowest BCUT2D eigenvalue weighted by Gasteiger charge is -2.21. The topological polar surface area (TPSA) is 42.2 Å². The molecule has 1 aromatic carbocycles. The highest BCUT2D eigenvalue weighted by Crippen LogP contribution is 2.49. The van der Waals surface area contributed by atoms with Crippen molar-refractivity contribution in [1.82, 2.24) is 14.6 Å². The number of nitrogens with one attached hydrogen (secondary N) is 1. The third-order valence-corrected chi connectivity index (χ3v) is 4.65. The van der Waals surface area contributed by atoms with Crippen molar-refractivity contribution >= 4 is 11.5 Å². The fourth-order valence-electron chi connectivity index (χ4n) is 3.08. The van der Waals surface area contributed by atoms with Crippen LogP contribution in [0.4, 0.5) is 36.6 Å². The maximum Gasteiger partial charge on any atom is 0.419 e. The number of pyridine rings is 1. The highest BCUT2D eigenvalue weighted by atomic mass is 19.4. The van der Waals surface area contributed by atoms with Crippen LogP contribution in [0.3, 0.4) is 0 Å². The predicted molar refractivity (Wildman–Crippen MR) is 83.9 cm³/mol. The summed E-state index contributed by atoms with van der Waals surface area (Å²) in [6.07, 6.45) is -7.56. The van der Waals surface area contributed by atoms with Gasteiger partial charge in [-0.3, -0.25) is 0 Å². The average molecular weight is 404 g/mol. The van der Waals surface area contributed by atoms with E-state index in [1.165, 1.54) is 0 Å². The molecule has 11 heteroatoms. The second-order valence-electron chi connectivity index (χ2n) is 6.56. The minimum absolute atomic E-state index is 0.0415. The van der Waals surface area contributed by atoms with Crippen LogP contribution in [0.25, 0.3) is 5.65 Å². The molecule has 28 heavy (non-hydrogen) atoms. The second-order valence-corrected chi connectivity index (χ2v) is 6.56. The minimum atomic E-state index is -4.83. The smallest absolute Gasteiger partial charge is 0.360 e. The van der Waals surface area contributed by atoms with E-state index in [-0.39, 0.29) is 17.0 Å². The van der Waals surface area contributed by atoms with Crippen molar-refractivity contribution < 1.29 is 30.7 Å². The molecule has 1 fully saturated rings. The lowest BCUT2D eigenvalue weighted by molar-refractivity contribution is -0.140. The molecule has 2 aromatic heterocycles. The van der Waals surface area contributed by atoms with E-state index in [1.807, 2.05) is 0 Å². The second kappa shape index (κ2) is 5.82. The number of rotatable bonds is 3. The molecule has 1 aliphatic rings. The van der Waals surface area contributed by atoms with E-state index in [1.54, 1.807) is 0 Å². The van der Waals surface area contributed by atoms with E-state index < -0.39 is 34.8 Å². The molecule has 4 rings (SSSR count). The van der Waals surface area contributed by atoms with Crippen LogP contribution in [-0.2, 0) is 17.9 Å². The molecule has 0 saturated heterocycles. The van der Waals surface area contributed by atoms with Crippen molar-refractivity contribution in [3.8, 4) is 0 Å². The van der Waals surface area contributed by atoms with Crippen molar-refractivity contribution in [2.24, 2.45) is 0 Å². The van der Waals surface area contributed by atoms with Gasteiger partial charge in [0.2, 0.25) is 0 Å². The summed E-state index contributed by atoms with van der Waals surface area (Å²) in [4.78, 5) is 3.76. The number of nitrogens with zero attached hydrogens (tertiary/aromatic N) is 3. The first-order valence-electron chi connectivity index (χ1n) is 8.06. The quantitative estimate of drug-likeness (QED) is 0.625. The number of halogens is 7. The molecule has 0 aliphatic heterocycles. The number of aromatic nitrogens is 3. The van der Waals surface area contributed by atoms with Crippen molar-refractivity contribution in [2.45, 2.75) is 30.7 Å². The third kappa shape index (κ3) is 3.14. The fraction of sp³-hybridized carbons (Fsp3) is 0.294. The Morgan fingerprint density at radius 2 is 1.68 bits per heavy atom. The Balaban J connectivity index is 1.73. The number of anilines is 1. The molecule has 0 spiro atoms. The highest BCUT2D eigenvalue weighted by Gasteiger charge is 2.46. The van der Waals surface area contributed by atoms with Crippen LogP contribution < -0.4 is 5.32 Å². The normalized spacial score (nSPS) is 16.4. The summed E-state index contributed by atoms with van der Waals surface area (Å²) in [6.45, 7) is 0. The van der Waals surface area contributed by atoms with Gasteiger partial charge >= 0.3 is 12.4 Å². The molecule has 4 nitrogen and oxygen atoms in total. The molecular weight excluding hydrogens is 393 g/mol. The highest BCUT2D eigenvalue weighted by molar-refractivity contribution is 5.56. The van der Waals surface area contributed by atoms with Crippen molar-refractivity contribution in [3.05, 3.63) is 59.2 Å². The fourth-order valence-corrected chi connectivity index (χ4v) is 3.08. The number of alkyl halides is 6. The maximum absolute atomic E-state index is 13.9. The number of hydrogen-bond donors (Lipinski definition) is 1. The summed E-state index contributed by atoms with van der Waals surface area (Å²) in [7, 11) is 0. The Bertz CT molecular complexity index is 1050. The monoisotopic (exact) mass is 404 g/mol. The van der Waals surface area contributed by atoms with E-state index >= 15 is 0 Å². The lowest BCUT2D eigenvalue weighted by atomic mass is 10.0. The summed E-state index contributed by atoms with van der Waals surface area (Å²) in [5.74, 6) is -1.48. The van der Waals surface area contributed by atoms with Gasteiger partial charge in [-0.2, -0.15) is 36.0 Å². The Morgan fingerprint density at radius 3 is 2.25 bits per heavy atom. The van der Waals surface area contributed by atoms with Crippen LogP contribution in [-0.4, -0.2) is 14.6 Å². The molecule has 0 atom stereocenters. The van der Waals surface area contributed by atoms with Crippen LogP contribution in [0.15, 0.2) is 36.7 Å². The number of hydrogen-bond acceptors (Lipinski definition) is 3. The Morgan fingerprint density at radius 1 is 0.964 bits per heavy atom. The summed E-state index contributed by atoms with van der Waals surface area (Å²) < 4.78 is 92.8. The van der Waals surface area contributed by atoms with Gasteiger partial charge < -0.3 is 5.32 Å². The molecule has 0 bridgehead atoms. The predicted octanol–water partition coefficient (Wildman–Crippen LogP) is 5.01. The van der Waals surface area contributed by atoms with Gasteiger partial charge in [-0.05, 0) is 42.7 Å². The number of fused-ring (bicyclic) bond motifs is 1. The van der Waals surface area contributed by atoms with Gasteiger partial charge in [-0.1, -0.05) is 6.07 Å². The number of benzene rings is 1. The summed E-state index contributed by atoms with van der Waals surface area (Å²) in [6, 6.07) is 4.17. The molecule has 0 radical (unpaired) electrons. The zero-order valence-corrected chi connectivity index (χ0v) is 13.9. The first kappa shape index (κ1) is 18.5. The molecule has 148 valence electrons. The Hall–Kier alpha value is -2.85. The lowest BCUT2D eigenvalue weighted by Crippen LogP contribution is -2.22. The average Bonchev–Trinajstić information content (AvgIpc) is 3.19. The molecule has 3 aromatic rings. The van der Waals surface area contributed by atoms with E-state index in [0.29, 0.717) is 18.9 Å². The van der Waals surface area contributed by atoms with Crippen LogP contribution in [0.5, 0.6) is 0 Å². The van der Waals surface area contributed by atoms with E-state index in [9.17, 15) is 30.7 Å². The standard InChI is InChI=1S/C17H11F7N4/c18-12-5-9(1-2-11(12)17(22,23)24)15(3-4-15)27-14-7-10(16(19,20)21)6-13-25-8-26-28(13)14/h1-2,5-8,27H,3-4H2.